The fourth-order valence-electron chi connectivity index (χ4n) is 4.47. The standard InChI is InChI=1S/C24H25N3O4S/c1-24(8-9-24)15-4-2-14(3-5-15)21(29)22(30)26-11-19-17-12-27(23(31)18(17)13-32-19)16-6-7-20(28)25-10-16/h2-5,13,16H,6-12H2,1H3,(H,25,28)(H,26,30). The zero-order valence-electron chi connectivity index (χ0n) is 17.9. The molecule has 1 saturated carbocycles. The van der Waals surface area contributed by atoms with Crippen LogP contribution < -0.4 is 10.6 Å². The van der Waals surface area contributed by atoms with Crippen LogP contribution in [0.4, 0.5) is 0 Å². The number of hydrogen-bond acceptors (Lipinski definition) is 5. The van der Waals surface area contributed by atoms with E-state index in [0.29, 0.717) is 37.1 Å². The number of nitrogens with zero attached hydrogens (tertiary/aromatic N) is 1. The first-order valence-corrected chi connectivity index (χ1v) is 11.8. The third-order valence-electron chi connectivity index (χ3n) is 6.94. The van der Waals surface area contributed by atoms with Gasteiger partial charge in [-0.1, -0.05) is 31.2 Å². The van der Waals surface area contributed by atoms with Gasteiger partial charge in [0.05, 0.1) is 18.2 Å². The lowest BCUT2D eigenvalue weighted by molar-refractivity contribution is -0.123. The molecule has 1 aliphatic carbocycles. The average Bonchev–Trinajstić information content (AvgIpc) is 3.30. The maximum absolute atomic E-state index is 12.8. The van der Waals surface area contributed by atoms with Crippen molar-refractivity contribution in [3.63, 3.8) is 0 Å². The first-order valence-electron chi connectivity index (χ1n) is 11.0. The van der Waals surface area contributed by atoms with Crippen molar-refractivity contribution in [1.82, 2.24) is 15.5 Å². The summed E-state index contributed by atoms with van der Waals surface area (Å²) in [4.78, 5) is 51.9. The molecule has 5 rings (SSSR count). The molecule has 2 aliphatic heterocycles. The van der Waals surface area contributed by atoms with Gasteiger partial charge in [0.25, 0.3) is 11.8 Å². The van der Waals surface area contributed by atoms with E-state index in [1.165, 1.54) is 16.9 Å². The second kappa shape index (κ2) is 7.85. The van der Waals surface area contributed by atoms with Crippen molar-refractivity contribution in [2.75, 3.05) is 6.54 Å². The third-order valence-corrected chi connectivity index (χ3v) is 7.97. The van der Waals surface area contributed by atoms with Gasteiger partial charge in [-0.15, -0.1) is 11.3 Å². The van der Waals surface area contributed by atoms with E-state index in [1.807, 2.05) is 17.5 Å². The van der Waals surface area contributed by atoms with E-state index < -0.39 is 11.7 Å². The molecule has 0 spiro atoms. The molecule has 1 aromatic heterocycles. The molecular formula is C24H25N3O4S. The zero-order valence-corrected chi connectivity index (χ0v) is 18.7. The summed E-state index contributed by atoms with van der Waals surface area (Å²) in [5, 5.41) is 7.36. The van der Waals surface area contributed by atoms with Crippen molar-refractivity contribution in [2.45, 2.75) is 57.2 Å². The summed E-state index contributed by atoms with van der Waals surface area (Å²) >= 11 is 1.42. The van der Waals surface area contributed by atoms with Gasteiger partial charge in [0.2, 0.25) is 11.7 Å². The smallest absolute Gasteiger partial charge is 0.292 e. The van der Waals surface area contributed by atoms with Crippen LogP contribution in [0.1, 0.15) is 69.3 Å². The quantitative estimate of drug-likeness (QED) is 0.521. The number of piperidine rings is 1. The number of carbonyl (C=O) groups is 4. The molecular weight excluding hydrogens is 426 g/mol. The summed E-state index contributed by atoms with van der Waals surface area (Å²) in [6, 6.07) is 7.32. The van der Waals surface area contributed by atoms with E-state index in [-0.39, 0.29) is 29.8 Å². The highest BCUT2D eigenvalue weighted by atomic mass is 32.1. The normalized spacial score (nSPS) is 21.2. The summed E-state index contributed by atoms with van der Waals surface area (Å²) in [7, 11) is 0. The van der Waals surface area contributed by atoms with Crippen LogP contribution >= 0.6 is 11.3 Å². The molecule has 8 heteroatoms. The Bertz CT molecular complexity index is 1110. The molecule has 166 valence electrons. The maximum Gasteiger partial charge on any atom is 0.292 e. The number of fused-ring (bicyclic) bond motifs is 1. The number of nitrogens with one attached hydrogen (secondary N) is 2. The Balaban J connectivity index is 1.21. The predicted octanol–water partition coefficient (Wildman–Crippen LogP) is 2.53. The second-order valence-corrected chi connectivity index (χ2v) is 10.1. The van der Waals surface area contributed by atoms with Gasteiger partial charge in [-0.2, -0.15) is 0 Å². The Hall–Kier alpha value is -3.00. The third kappa shape index (κ3) is 3.72. The minimum absolute atomic E-state index is 0.0116. The van der Waals surface area contributed by atoms with E-state index in [2.05, 4.69) is 17.6 Å². The van der Waals surface area contributed by atoms with Crippen LogP contribution in [0.3, 0.4) is 0 Å². The van der Waals surface area contributed by atoms with E-state index in [9.17, 15) is 19.2 Å². The molecule has 0 radical (unpaired) electrons. The van der Waals surface area contributed by atoms with Crippen LogP contribution in [0.2, 0.25) is 0 Å². The molecule has 3 amide bonds. The van der Waals surface area contributed by atoms with Crippen LogP contribution in [0.5, 0.6) is 0 Å². The molecule has 32 heavy (non-hydrogen) atoms. The zero-order chi connectivity index (χ0) is 22.5. The average molecular weight is 452 g/mol. The lowest BCUT2D eigenvalue weighted by Gasteiger charge is -2.31. The number of carbonyl (C=O) groups excluding carboxylic acids is 4. The highest BCUT2D eigenvalue weighted by Gasteiger charge is 2.39. The Labute approximate surface area is 190 Å². The van der Waals surface area contributed by atoms with Crippen LogP contribution in [0.25, 0.3) is 0 Å². The summed E-state index contributed by atoms with van der Waals surface area (Å²) in [6.07, 6.45) is 3.39. The molecule has 7 nitrogen and oxygen atoms in total. The van der Waals surface area contributed by atoms with Gasteiger partial charge in [-0.25, -0.2) is 0 Å². The summed E-state index contributed by atoms with van der Waals surface area (Å²) in [5.74, 6) is -1.21. The Morgan fingerprint density at radius 3 is 2.62 bits per heavy atom. The fourth-order valence-corrected chi connectivity index (χ4v) is 5.45. The van der Waals surface area contributed by atoms with Crippen molar-refractivity contribution in [3.05, 3.63) is 56.8 Å². The van der Waals surface area contributed by atoms with Crippen molar-refractivity contribution < 1.29 is 19.2 Å². The van der Waals surface area contributed by atoms with Crippen molar-refractivity contribution in [1.29, 1.82) is 0 Å². The largest absolute Gasteiger partial charge is 0.354 e. The van der Waals surface area contributed by atoms with Crippen LogP contribution in [0, 0.1) is 0 Å². The Morgan fingerprint density at radius 1 is 1.22 bits per heavy atom. The maximum atomic E-state index is 12.8. The first-order chi connectivity index (χ1) is 15.4. The first kappa shape index (κ1) is 20.9. The van der Waals surface area contributed by atoms with E-state index in [1.54, 1.807) is 17.0 Å². The van der Waals surface area contributed by atoms with Gasteiger partial charge in [0, 0.05) is 35.3 Å². The molecule has 0 bridgehead atoms. The van der Waals surface area contributed by atoms with Gasteiger partial charge in [0.15, 0.2) is 0 Å². The molecule has 1 aromatic carbocycles. The van der Waals surface area contributed by atoms with Gasteiger partial charge in [0.1, 0.15) is 0 Å². The molecule has 1 saturated heterocycles. The van der Waals surface area contributed by atoms with Crippen molar-refractivity contribution >= 4 is 34.8 Å². The topological polar surface area (TPSA) is 95.6 Å². The molecule has 3 heterocycles. The van der Waals surface area contributed by atoms with Crippen LogP contribution in [-0.4, -0.2) is 41.0 Å². The van der Waals surface area contributed by atoms with E-state index >= 15 is 0 Å². The minimum atomic E-state index is -0.645. The highest BCUT2D eigenvalue weighted by Crippen LogP contribution is 2.47. The molecule has 2 fully saturated rings. The number of benzene rings is 1. The molecule has 1 atom stereocenters. The van der Waals surface area contributed by atoms with Gasteiger partial charge in [-0.3, -0.25) is 19.2 Å². The number of rotatable bonds is 6. The SMILES string of the molecule is CC1(c2ccc(C(=O)C(=O)NCc3scc4c3CN(C3CCC(=O)NC3)C4=O)cc2)CC1. The number of Topliss-reactive ketones (excluding diaryl/α,β-unsaturated/α-hetero) is 1. The Kier molecular flexibility index (Phi) is 5.12. The fraction of sp³-hybridized carbons (Fsp3) is 0.417. The van der Waals surface area contributed by atoms with Crippen molar-refractivity contribution in [2.24, 2.45) is 0 Å². The molecule has 2 aromatic rings. The van der Waals surface area contributed by atoms with E-state index in [4.69, 9.17) is 0 Å². The minimum Gasteiger partial charge on any atom is -0.354 e. The number of amides is 3. The van der Waals surface area contributed by atoms with Gasteiger partial charge >= 0.3 is 0 Å². The summed E-state index contributed by atoms with van der Waals surface area (Å²) in [6.45, 7) is 3.35. The highest BCUT2D eigenvalue weighted by molar-refractivity contribution is 7.10. The second-order valence-electron chi connectivity index (χ2n) is 9.13. The predicted molar refractivity (Wildman–Crippen MR) is 119 cm³/mol. The molecule has 2 N–H and O–H groups in total. The van der Waals surface area contributed by atoms with Gasteiger partial charge in [-0.05, 0) is 35.8 Å². The van der Waals surface area contributed by atoms with Crippen LogP contribution in [0.15, 0.2) is 29.6 Å². The van der Waals surface area contributed by atoms with Crippen LogP contribution in [-0.2, 0) is 28.1 Å². The summed E-state index contributed by atoms with van der Waals surface area (Å²) in [5.41, 5.74) is 3.37. The monoisotopic (exact) mass is 451 g/mol. The molecule has 3 aliphatic rings. The van der Waals surface area contributed by atoms with Crippen molar-refractivity contribution in [3.8, 4) is 0 Å². The Morgan fingerprint density at radius 2 is 1.97 bits per heavy atom. The number of ketones is 1. The number of thiophene rings is 1. The lowest BCUT2D eigenvalue weighted by atomic mass is 9.96. The van der Waals surface area contributed by atoms with E-state index in [0.717, 1.165) is 23.3 Å². The summed E-state index contributed by atoms with van der Waals surface area (Å²) < 4.78 is 0. The molecule has 1 unspecified atom stereocenters. The number of hydrogen-bond donors (Lipinski definition) is 2. The van der Waals surface area contributed by atoms with Gasteiger partial charge < -0.3 is 15.5 Å². The lowest BCUT2D eigenvalue weighted by Crippen LogP contribution is -2.48.